The molecule has 0 aliphatic carbocycles. The topological polar surface area (TPSA) is 77.0 Å². The van der Waals surface area contributed by atoms with E-state index in [2.05, 4.69) is 13.9 Å². The fraction of sp³-hybridized carbons (Fsp3) is 0.381. The Kier molecular flexibility index (Phi) is 7.75. The van der Waals surface area contributed by atoms with Gasteiger partial charge in [0.1, 0.15) is 11.6 Å². The number of benzene rings is 2. The van der Waals surface area contributed by atoms with Crippen LogP contribution in [0.15, 0.2) is 46.8 Å². The molecule has 158 valence electrons. The summed E-state index contributed by atoms with van der Waals surface area (Å²) in [7, 11) is -0.415. The second-order valence-electron chi connectivity index (χ2n) is 7.54. The van der Waals surface area contributed by atoms with Crippen molar-refractivity contribution in [3.05, 3.63) is 59.4 Å². The third-order valence-electron chi connectivity index (χ3n) is 4.21. The van der Waals surface area contributed by atoms with E-state index in [1.165, 1.54) is 13.2 Å². The molecule has 0 saturated carbocycles. The molecule has 2 aromatic rings. The number of hydrogen-bond acceptors (Lipinski definition) is 6. The van der Waals surface area contributed by atoms with E-state index in [0.29, 0.717) is 17.0 Å². The highest BCUT2D eigenvalue weighted by Gasteiger charge is 2.19. The number of nitrogens with zero attached hydrogens (tertiary/aromatic N) is 1. The Bertz CT molecular complexity index is 933. The third kappa shape index (κ3) is 6.83. The molecule has 0 heterocycles. The molecular weight excluding hydrogens is 395 g/mol. The summed E-state index contributed by atoms with van der Waals surface area (Å²) < 4.78 is 39.3. The highest BCUT2D eigenvalue weighted by Crippen LogP contribution is 2.27. The van der Waals surface area contributed by atoms with Crippen molar-refractivity contribution in [2.24, 2.45) is 4.36 Å². The van der Waals surface area contributed by atoms with Crippen LogP contribution < -0.4 is 10.1 Å². The zero-order valence-electron chi connectivity index (χ0n) is 17.2. The van der Waals surface area contributed by atoms with Crippen LogP contribution in [0.5, 0.6) is 5.75 Å². The molecule has 1 amide bonds. The van der Waals surface area contributed by atoms with Crippen LogP contribution in [0.2, 0.25) is 0 Å². The molecule has 0 aromatic heterocycles. The number of ether oxygens (including phenoxy) is 1. The highest BCUT2D eigenvalue weighted by atomic mass is 32.2. The number of amides is 1. The molecule has 0 aliphatic heterocycles. The summed E-state index contributed by atoms with van der Waals surface area (Å²) >= 11 is 0. The van der Waals surface area contributed by atoms with Crippen LogP contribution in [0.25, 0.3) is 0 Å². The van der Waals surface area contributed by atoms with Crippen LogP contribution in [-0.2, 0) is 29.5 Å². The predicted molar refractivity (Wildman–Crippen MR) is 111 cm³/mol. The summed E-state index contributed by atoms with van der Waals surface area (Å²) in [6.07, 6.45) is 0. The molecule has 0 aliphatic rings. The lowest BCUT2D eigenvalue weighted by molar-refractivity contribution is -0.123. The number of carbonyl (C=O) groups is 1. The summed E-state index contributed by atoms with van der Waals surface area (Å²) in [6, 6.07) is 11.3. The number of rotatable bonds is 7. The summed E-state index contributed by atoms with van der Waals surface area (Å²) in [5.41, 5.74) is 1.64. The van der Waals surface area contributed by atoms with E-state index in [4.69, 9.17) is 4.74 Å². The predicted octanol–water partition coefficient (Wildman–Crippen LogP) is 4.72. The number of nitrogens with one attached hydrogen (secondary N) is 1. The van der Waals surface area contributed by atoms with Gasteiger partial charge in [-0.15, -0.1) is 0 Å². The molecule has 0 saturated heterocycles. The van der Waals surface area contributed by atoms with E-state index in [9.17, 15) is 13.4 Å². The Morgan fingerprint density at radius 2 is 1.86 bits per heavy atom. The summed E-state index contributed by atoms with van der Waals surface area (Å²) in [5.74, 6) is -0.383. The molecular formula is C21H26FN2O4S-. The smallest absolute Gasteiger partial charge is 0.258 e. The molecule has 2 aromatic carbocycles. The fourth-order valence-corrected chi connectivity index (χ4v) is 3.02. The van der Waals surface area contributed by atoms with Gasteiger partial charge >= 0.3 is 0 Å². The fourth-order valence-electron chi connectivity index (χ4n) is 2.66. The molecule has 0 radical (unpaired) electrons. The molecule has 0 fully saturated rings. The van der Waals surface area contributed by atoms with Gasteiger partial charge < -0.3 is 22.8 Å². The van der Waals surface area contributed by atoms with E-state index in [1.54, 1.807) is 36.4 Å². The molecule has 1 atom stereocenters. The zero-order chi connectivity index (χ0) is 21.6. The normalized spacial score (nSPS) is 13.7. The van der Waals surface area contributed by atoms with Crippen molar-refractivity contribution in [3.63, 3.8) is 0 Å². The molecule has 0 spiro atoms. The van der Waals surface area contributed by atoms with Crippen LogP contribution in [-0.4, -0.2) is 19.6 Å². The van der Waals surface area contributed by atoms with Gasteiger partial charge in [0, 0.05) is 18.9 Å². The van der Waals surface area contributed by atoms with E-state index in [1.807, 2.05) is 27.7 Å². The van der Waals surface area contributed by atoms with E-state index >= 15 is 0 Å². The molecule has 1 N–H and O–H groups in total. The number of carbonyl (C=O) groups excluding carboxylic acids is 1. The van der Waals surface area contributed by atoms with E-state index in [-0.39, 0.29) is 29.8 Å². The molecule has 2 rings (SSSR count). The number of hydrogen-bond donors (Lipinski definition) is 1. The summed E-state index contributed by atoms with van der Waals surface area (Å²) in [5, 5.41) is 2.82. The summed E-state index contributed by atoms with van der Waals surface area (Å²) in [6.45, 7) is 7.39. The van der Waals surface area contributed by atoms with Crippen LogP contribution in [0.4, 0.5) is 10.1 Å². The molecule has 0 unspecified atom stereocenters. The van der Waals surface area contributed by atoms with Crippen molar-refractivity contribution >= 4 is 22.5 Å². The first-order valence-electron chi connectivity index (χ1n) is 9.10. The largest absolute Gasteiger partial charge is 0.484 e. The van der Waals surface area contributed by atoms with Crippen LogP contribution >= 0.6 is 0 Å². The van der Waals surface area contributed by atoms with Crippen LogP contribution in [0.3, 0.4) is 0 Å². The van der Waals surface area contributed by atoms with Gasteiger partial charge in [0.05, 0.1) is 6.04 Å². The third-order valence-corrected chi connectivity index (χ3v) is 4.86. The summed E-state index contributed by atoms with van der Waals surface area (Å²) in [4.78, 5) is 12.2. The minimum atomic E-state index is -1.72. The zero-order valence-corrected chi connectivity index (χ0v) is 18.0. The molecule has 29 heavy (non-hydrogen) atoms. The Hall–Kier alpha value is -2.45. The van der Waals surface area contributed by atoms with Gasteiger partial charge in [-0.05, 0) is 41.7 Å². The van der Waals surface area contributed by atoms with Crippen molar-refractivity contribution in [3.8, 4) is 5.75 Å². The van der Waals surface area contributed by atoms with Gasteiger partial charge in [-0.2, -0.15) is 0 Å². The monoisotopic (exact) mass is 421 g/mol. The Morgan fingerprint density at radius 3 is 2.41 bits per heavy atom. The SMILES string of the molecule is CO[S-](=O)=Nc1ccc([C@@H](C)NC(=O)COc2ccc(C(C)(C)C)c(F)c2)cc1. The molecule has 0 bridgehead atoms. The lowest BCUT2D eigenvalue weighted by atomic mass is 9.87. The first-order chi connectivity index (χ1) is 13.6. The van der Waals surface area contributed by atoms with E-state index < -0.39 is 10.9 Å². The van der Waals surface area contributed by atoms with Gasteiger partial charge in [-0.25, -0.2) is 4.39 Å². The second kappa shape index (κ2) is 9.84. The Morgan fingerprint density at radius 1 is 1.21 bits per heavy atom. The minimum absolute atomic E-state index is 0.223. The van der Waals surface area contributed by atoms with Gasteiger partial charge in [0.15, 0.2) is 6.61 Å². The Balaban J connectivity index is 1.92. The second-order valence-corrected chi connectivity index (χ2v) is 8.49. The van der Waals surface area contributed by atoms with Crippen molar-refractivity contribution in [2.75, 3.05) is 13.7 Å². The molecule has 6 nitrogen and oxygen atoms in total. The lowest BCUT2D eigenvalue weighted by Gasteiger charge is -2.20. The van der Waals surface area contributed by atoms with Crippen LogP contribution in [0.1, 0.15) is 44.9 Å². The van der Waals surface area contributed by atoms with E-state index in [0.717, 1.165) is 5.56 Å². The van der Waals surface area contributed by atoms with Crippen molar-refractivity contribution in [1.82, 2.24) is 5.32 Å². The minimum Gasteiger partial charge on any atom is -0.484 e. The van der Waals surface area contributed by atoms with Crippen molar-refractivity contribution in [2.45, 2.75) is 39.2 Å². The average Bonchev–Trinajstić information content (AvgIpc) is 2.65. The average molecular weight is 422 g/mol. The maximum atomic E-state index is 14.2. The van der Waals surface area contributed by atoms with Gasteiger partial charge in [0.25, 0.3) is 5.91 Å². The lowest BCUT2D eigenvalue weighted by Crippen LogP contribution is -2.31. The van der Waals surface area contributed by atoms with Crippen molar-refractivity contribution in [1.29, 1.82) is 0 Å². The first-order valence-corrected chi connectivity index (χ1v) is 10.1. The highest BCUT2D eigenvalue weighted by molar-refractivity contribution is 7.69. The standard InChI is InChI=1S/C21H26FN2O4S/c1-14(15-6-8-16(9-7-15)24-29(26)27-5)23-20(25)13-28-17-10-11-18(19(22)12-17)21(2,3)4/h6-12,14H,13H2,1-5H3,(H,23,25)/q-1/t14-/m1/s1. The maximum Gasteiger partial charge on any atom is 0.258 e. The van der Waals surface area contributed by atoms with Crippen molar-refractivity contribution < 1.29 is 22.3 Å². The maximum absolute atomic E-state index is 14.2. The van der Waals surface area contributed by atoms with Gasteiger partial charge in [0.2, 0.25) is 0 Å². The van der Waals surface area contributed by atoms with Gasteiger partial charge in [-0.3, -0.25) is 4.79 Å². The van der Waals surface area contributed by atoms with Gasteiger partial charge in [-0.1, -0.05) is 49.8 Å². The quantitative estimate of drug-likeness (QED) is 0.656. The first kappa shape index (κ1) is 22.8. The number of halogens is 1. The molecule has 8 heteroatoms. The van der Waals surface area contributed by atoms with Crippen LogP contribution in [0, 0.1) is 5.82 Å². The Labute approximate surface area is 172 Å².